The van der Waals surface area contributed by atoms with Gasteiger partial charge in [0, 0.05) is 31.7 Å². The summed E-state index contributed by atoms with van der Waals surface area (Å²) in [4.78, 5) is 21.2. The van der Waals surface area contributed by atoms with Crippen LogP contribution in [0.4, 0.5) is 0 Å². The van der Waals surface area contributed by atoms with E-state index < -0.39 is 0 Å². The van der Waals surface area contributed by atoms with Crippen LogP contribution in [0.2, 0.25) is 0 Å². The van der Waals surface area contributed by atoms with Crippen molar-refractivity contribution in [3.05, 3.63) is 51.6 Å². The second-order valence-electron chi connectivity index (χ2n) is 9.09. The molecule has 3 heterocycles. The van der Waals surface area contributed by atoms with Gasteiger partial charge < -0.3 is 9.88 Å². The molecule has 2 aromatic heterocycles. The van der Waals surface area contributed by atoms with Crippen LogP contribution in [0.5, 0.6) is 0 Å². The molecule has 1 aromatic carbocycles. The number of H-pyrrole nitrogens is 1. The van der Waals surface area contributed by atoms with Crippen LogP contribution in [0.15, 0.2) is 29.1 Å². The number of nitrogens with one attached hydrogen (secondary N) is 1. The molecule has 1 saturated heterocycles. The van der Waals surface area contributed by atoms with Crippen molar-refractivity contribution in [3.63, 3.8) is 0 Å². The zero-order valence-electron chi connectivity index (χ0n) is 18.5. The number of tetrazole rings is 1. The molecule has 3 aromatic rings. The Kier molecular flexibility index (Phi) is 5.46. The number of pyridine rings is 1. The maximum absolute atomic E-state index is 13.3. The average molecular weight is 410 g/mol. The fourth-order valence-corrected chi connectivity index (χ4v) is 4.28. The highest BCUT2D eigenvalue weighted by molar-refractivity contribution is 5.82. The molecule has 1 unspecified atom stereocenters. The number of rotatable bonds is 4. The zero-order valence-corrected chi connectivity index (χ0v) is 18.5. The molecule has 0 spiro atoms. The molecule has 1 fully saturated rings. The quantitative estimate of drug-likeness (QED) is 0.712. The fourth-order valence-electron chi connectivity index (χ4n) is 4.28. The van der Waals surface area contributed by atoms with E-state index in [2.05, 4.69) is 58.0 Å². The molecule has 0 aliphatic carbocycles. The summed E-state index contributed by atoms with van der Waals surface area (Å²) in [5.41, 5.74) is 2.27. The van der Waals surface area contributed by atoms with Gasteiger partial charge in [-0.1, -0.05) is 25.1 Å². The first kappa shape index (κ1) is 20.7. The molecular formula is C22H31N7O. The molecular weight excluding hydrogens is 378 g/mol. The van der Waals surface area contributed by atoms with E-state index in [4.69, 9.17) is 0 Å². The summed E-state index contributed by atoms with van der Waals surface area (Å²) in [6.45, 7) is 15.1. The van der Waals surface area contributed by atoms with Crippen LogP contribution in [-0.2, 0) is 5.54 Å². The van der Waals surface area contributed by atoms with E-state index in [1.54, 1.807) is 0 Å². The molecule has 1 aliphatic heterocycles. The van der Waals surface area contributed by atoms with Crippen molar-refractivity contribution < 1.29 is 0 Å². The highest BCUT2D eigenvalue weighted by Gasteiger charge is 2.34. The van der Waals surface area contributed by atoms with E-state index in [-0.39, 0.29) is 17.1 Å². The van der Waals surface area contributed by atoms with Crippen molar-refractivity contribution in [2.75, 3.05) is 32.7 Å². The predicted octanol–water partition coefficient (Wildman–Crippen LogP) is 2.30. The van der Waals surface area contributed by atoms with Crippen molar-refractivity contribution >= 4 is 10.9 Å². The minimum atomic E-state index is -0.299. The Hall–Kier alpha value is -2.58. The number of benzene rings is 1. The van der Waals surface area contributed by atoms with E-state index in [0.29, 0.717) is 11.4 Å². The molecule has 30 heavy (non-hydrogen) atoms. The summed E-state index contributed by atoms with van der Waals surface area (Å²) in [5.74, 6) is 0.713. The first-order valence-electron chi connectivity index (χ1n) is 10.7. The lowest BCUT2D eigenvalue weighted by molar-refractivity contribution is 0.105. The van der Waals surface area contributed by atoms with Gasteiger partial charge in [-0.15, -0.1) is 5.10 Å². The van der Waals surface area contributed by atoms with Gasteiger partial charge in [0.15, 0.2) is 5.82 Å². The fraction of sp³-hybridized carbons (Fsp3) is 0.545. The molecule has 1 aliphatic rings. The first-order chi connectivity index (χ1) is 14.3. The van der Waals surface area contributed by atoms with Gasteiger partial charge in [-0.05, 0) is 61.7 Å². The minimum Gasteiger partial charge on any atom is -0.321 e. The molecule has 8 heteroatoms. The second-order valence-corrected chi connectivity index (χ2v) is 9.09. The normalized spacial score (nSPS) is 17.5. The lowest BCUT2D eigenvalue weighted by atomic mass is 10.0. The summed E-state index contributed by atoms with van der Waals surface area (Å²) >= 11 is 0. The molecule has 8 nitrogen and oxygen atoms in total. The second kappa shape index (κ2) is 7.92. The summed E-state index contributed by atoms with van der Waals surface area (Å²) in [6, 6.07) is 7.79. The topological polar surface area (TPSA) is 82.9 Å². The minimum absolute atomic E-state index is 0.0804. The standard InChI is InChI=1S/C22H31N7O/c1-6-27-10-12-28(13-11-27)19(20-24-25-26-29(20)22(3,4)5)17-14-16-9-7-8-15(2)18(16)23-21(17)30/h7-9,14,19H,6,10-13H2,1-5H3,(H,23,30). The van der Waals surface area contributed by atoms with Crippen molar-refractivity contribution in [2.24, 2.45) is 0 Å². The van der Waals surface area contributed by atoms with Gasteiger partial charge in [0.25, 0.3) is 5.56 Å². The number of para-hydroxylation sites is 1. The number of likely N-dealkylation sites (N-methyl/N-ethyl adjacent to an activating group) is 1. The third-order valence-corrected chi connectivity index (χ3v) is 6.00. The smallest absolute Gasteiger partial charge is 0.253 e. The van der Waals surface area contributed by atoms with Gasteiger partial charge in [0.1, 0.15) is 6.04 Å². The van der Waals surface area contributed by atoms with Crippen molar-refractivity contribution in [1.82, 2.24) is 35.0 Å². The predicted molar refractivity (Wildman–Crippen MR) is 118 cm³/mol. The van der Waals surface area contributed by atoms with Crippen LogP contribution in [0, 0.1) is 6.92 Å². The van der Waals surface area contributed by atoms with Gasteiger partial charge in [0.2, 0.25) is 0 Å². The van der Waals surface area contributed by atoms with Crippen LogP contribution < -0.4 is 5.56 Å². The monoisotopic (exact) mass is 409 g/mol. The van der Waals surface area contributed by atoms with Crippen molar-refractivity contribution in [3.8, 4) is 0 Å². The Morgan fingerprint density at radius 1 is 1.17 bits per heavy atom. The largest absolute Gasteiger partial charge is 0.321 e. The van der Waals surface area contributed by atoms with Gasteiger partial charge >= 0.3 is 0 Å². The highest BCUT2D eigenvalue weighted by atomic mass is 16.1. The van der Waals surface area contributed by atoms with Crippen LogP contribution in [-0.4, -0.2) is 67.7 Å². The summed E-state index contributed by atoms with van der Waals surface area (Å²) in [7, 11) is 0. The van der Waals surface area contributed by atoms with E-state index in [1.165, 1.54) is 0 Å². The Balaban J connectivity index is 1.87. The molecule has 0 saturated carbocycles. The van der Waals surface area contributed by atoms with Crippen LogP contribution >= 0.6 is 0 Å². The number of aryl methyl sites for hydroxylation is 1. The number of hydrogen-bond donors (Lipinski definition) is 1. The van der Waals surface area contributed by atoms with E-state index in [0.717, 1.165) is 49.2 Å². The third kappa shape index (κ3) is 3.77. The van der Waals surface area contributed by atoms with E-state index in [1.807, 2.05) is 35.9 Å². The number of piperazine rings is 1. The number of hydrogen-bond acceptors (Lipinski definition) is 6. The number of aromatic nitrogens is 5. The van der Waals surface area contributed by atoms with Crippen LogP contribution in [0.25, 0.3) is 10.9 Å². The molecule has 4 rings (SSSR count). The van der Waals surface area contributed by atoms with Crippen LogP contribution in [0.1, 0.15) is 50.7 Å². The van der Waals surface area contributed by atoms with Crippen molar-refractivity contribution in [2.45, 2.75) is 46.2 Å². The molecule has 160 valence electrons. The van der Waals surface area contributed by atoms with E-state index >= 15 is 0 Å². The molecule has 0 amide bonds. The van der Waals surface area contributed by atoms with Crippen molar-refractivity contribution in [1.29, 1.82) is 0 Å². The lowest BCUT2D eigenvalue weighted by Gasteiger charge is -2.39. The Morgan fingerprint density at radius 3 is 2.57 bits per heavy atom. The molecule has 1 atom stereocenters. The Labute approximate surface area is 176 Å². The van der Waals surface area contributed by atoms with Gasteiger partial charge in [-0.2, -0.15) is 0 Å². The average Bonchev–Trinajstić information content (AvgIpc) is 3.20. The van der Waals surface area contributed by atoms with Crippen LogP contribution in [0.3, 0.4) is 0 Å². The zero-order chi connectivity index (χ0) is 21.5. The first-order valence-corrected chi connectivity index (χ1v) is 10.7. The van der Waals surface area contributed by atoms with Gasteiger partial charge in [0.05, 0.1) is 11.1 Å². The molecule has 0 radical (unpaired) electrons. The van der Waals surface area contributed by atoms with Gasteiger partial charge in [-0.25, -0.2) is 4.68 Å². The number of nitrogens with zero attached hydrogens (tertiary/aromatic N) is 6. The van der Waals surface area contributed by atoms with E-state index in [9.17, 15) is 4.79 Å². The summed E-state index contributed by atoms with van der Waals surface area (Å²) in [6.07, 6.45) is 0. The Morgan fingerprint density at radius 2 is 1.90 bits per heavy atom. The van der Waals surface area contributed by atoms with Gasteiger partial charge in [-0.3, -0.25) is 9.69 Å². The summed E-state index contributed by atoms with van der Waals surface area (Å²) in [5, 5.41) is 13.7. The SMILES string of the molecule is CCN1CCN(C(c2cc3cccc(C)c3[nH]c2=O)c2nnnn2C(C)(C)C)CC1. The maximum Gasteiger partial charge on any atom is 0.253 e. The maximum atomic E-state index is 13.3. The summed E-state index contributed by atoms with van der Waals surface area (Å²) < 4.78 is 1.85. The Bertz CT molecular complexity index is 1090. The third-order valence-electron chi connectivity index (χ3n) is 6.00. The number of aromatic amines is 1. The molecule has 1 N–H and O–H groups in total. The molecule has 0 bridgehead atoms. The highest BCUT2D eigenvalue weighted by Crippen LogP contribution is 2.30. The number of fused-ring (bicyclic) bond motifs is 1. The lowest BCUT2D eigenvalue weighted by Crippen LogP contribution is -2.49.